The lowest BCUT2D eigenvalue weighted by Gasteiger charge is -2.37. The Labute approximate surface area is 165 Å². The maximum absolute atomic E-state index is 12.8. The highest BCUT2D eigenvalue weighted by atomic mass is 16.7. The molecular formula is C21H26N4O3. The number of benzene rings is 1. The molecule has 4 rings (SSSR count). The number of amides is 1. The third-order valence-electron chi connectivity index (χ3n) is 5.27. The summed E-state index contributed by atoms with van der Waals surface area (Å²) in [6, 6.07) is 12.0. The highest BCUT2D eigenvalue weighted by Gasteiger charge is 2.41. The predicted octanol–water partition coefficient (Wildman–Crippen LogP) is 2.50. The average Bonchev–Trinajstić information content (AvgIpc) is 3.20. The molecule has 1 N–H and O–H groups in total. The molecule has 148 valence electrons. The van der Waals surface area contributed by atoms with Crippen molar-refractivity contribution in [1.29, 1.82) is 0 Å². The van der Waals surface area contributed by atoms with Crippen molar-refractivity contribution in [1.82, 2.24) is 14.9 Å². The third kappa shape index (κ3) is 4.48. The van der Waals surface area contributed by atoms with Crippen molar-refractivity contribution in [3.8, 4) is 0 Å². The number of nitrogens with one attached hydrogen (secondary N) is 1. The van der Waals surface area contributed by atoms with Crippen LogP contribution in [-0.4, -0.2) is 59.4 Å². The fourth-order valence-corrected chi connectivity index (χ4v) is 3.70. The minimum absolute atomic E-state index is 0.0671. The molecule has 2 aliphatic rings. The van der Waals surface area contributed by atoms with Crippen molar-refractivity contribution < 1.29 is 14.3 Å². The summed E-state index contributed by atoms with van der Waals surface area (Å²) in [5.74, 6) is -0.0501. The van der Waals surface area contributed by atoms with E-state index >= 15 is 0 Å². The Bertz CT molecular complexity index is 783. The van der Waals surface area contributed by atoms with Gasteiger partial charge >= 0.3 is 0 Å². The van der Waals surface area contributed by atoms with Crippen LogP contribution in [0.3, 0.4) is 0 Å². The lowest BCUT2D eigenvalue weighted by Crippen LogP contribution is -2.47. The number of carbonyl (C=O) groups is 1. The second-order valence-corrected chi connectivity index (χ2v) is 7.18. The number of likely N-dealkylation sites (tertiary alicyclic amines) is 1. The number of aromatic nitrogens is 2. The zero-order valence-corrected chi connectivity index (χ0v) is 16.0. The second kappa shape index (κ2) is 8.67. The quantitative estimate of drug-likeness (QED) is 0.774. The molecule has 1 aromatic heterocycles. The topological polar surface area (TPSA) is 76.6 Å². The summed E-state index contributed by atoms with van der Waals surface area (Å²) in [7, 11) is 0. The smallest absolute Gasteiger partial charge is 0.272 e. The molecule has 0 aliphatic carbocycles. The summed E-state index contributed by atoms with van der Waals surface area (Å²) >= 11 is 0. The van der Waals surface area contributed by atoms with Gasteiger partial charge < -0.3 is 19.7 Å². The average molecular weight is 382 g/mol. The number of piperidine rings is 1. The number of nitrogens with zero attached hydrogens (tertiary/aromatic N) is 3. The molecule has 0 bridgehead atoms. The number of anilines is 1. The monoisotopic (exact) mass is 382 g/mol. The Kier molecular flexibility index (Phi) is 5.83. The summed E-state index contributed by atoms with van der Waals surface area (Å²) in [4.78, 5) is 23.3. The summed E-state index contributed by atoms with van der Waals surface area (Å²) in [5, 5.41) is 3.22. The van der Waals surface area contributed by atoms with E-state index < -0.39 is 5.79 Å². The summed E-state index contributed by atoms with van der Waals surface area (Å²) in [6.07, 6.45) is 5.00. The van der Waals surface area contributed by atoms with Gasteiger partial charge in [-0.05, 0) is 24.5 Å². The van der Waals surface area contributed by atoms with Crippen LogP contribution in [0.5, 0.6) is 0 Å². The van der Waals surface area contributed by atoms with Gasteiger partial charge in [-0.1, -0.05) is 30.3 Å². The molecule has 3 heterocycles. The molecule has 0 atom stereocenters. The van der Waals surface area contributed by atoms with Gasteiger partial charge in [0.25, 0.3) is 5.91 Å². The number of carbonyl (C=O) groups excluding carboxylic acids is 1. The molecule has 0 unspecified atom stereocenters. The van der Waals surface area contributed by atoms with E-state index in [4.69, 9.17) is 9.47 Å². The van der Waals surface area contributed by atoms with E-state index in [2.05, 4.69) is 27.4 Å². The third-order valence-corrected chi connectivity index (χ3v) is 5.27. The van der Waals surface area contributed by atoms with Crippen molar-refractivity contribution in [2.75, 3.05) is 38.2 Å². The summed E-state index contributed by atoms with van der Waals surface area (Å²) in [5.41, 5.74) is 1.73. The molecule has 1 spiro atoms. The lowest BCUT2D eigenvalue weighted by atomic mass is 10.0. The van der Waals surface area contributed by atoms with E-state index in [1.165, 1.54) is 5.56 Å². The SMILES string of the molecule is O=C(c1ccnc(NCCCc2ccccc2)n1)N1CCC2(CC1)OCCO2. The predicted molar refractivity (Wildman–Crippen MR) is 105 cm³/mol. The molecule has 2 saturated heterocycles. The first-order valence-electron chi connectivity index (χ1n) is 9.92. The largest absolute Gasteiger partial charge is 0.354 e. The Hall–Kier alpha value is -2.51. The standard InChI is InChI=1S/C21H26N4O3/c26-19(25-13-9-21(10-14-25)27-15-16-28-21)18-8-12-23-20(24-18)22-11-4-7-17-5-2-1-3-6-17/h1-3,5-6,8,12H,4,7,9-11,13-16H2,(H,22,23,24). The highest BCUT2D eigenvalue weighted by Crippen LogP contribution is 2.31. The fourth-order valence-electron chi connectivity index (χ4n) is 3.70. The van der Waals surface area contributed by atoms with Gasteiger partial charge in [0, 0.05) is 38.7 Å². The maximum Gasteiger partial charge on any atom is 0.272 e. The van der Waals surface area contributed by atoms with E-state index in [-0.39, 0.29) is 5.91 Å². The van der Waals surface area contributed by atoms with Crippen molar-refractivity contribution in [3.63, 3.8) is 0 Å². The van der Waals surface area contributed by atoms with E-state index in [0.29, 0.717) is 50.8 Å². The fraction of sp³-hybridized carbons (Fsp3) is 0.476. The number of hydrogen-bond acceptors (Lipinski definition) is 6. The number of rotatable bonds is 6. The van der Waals surface area contributed by atoms with E-state index in [1.54, 1.807) is 12.3 Å². The van der Waals surface area contributed by atoms with Crippen molar-refractivity contribution >= 4 is 11.9 Å². The molecule has 28 heavy (non-hydrogen) atoms. The van der Waals surface area contributed by atoms with Gasteiger partial charge in [-0.3, -0.25) is 4.79 Å². The molecule has 2 aromatic rings. The van der Waals surface area contributed by atoms with Gasteiger partial charge in [0.1, 0.15) is 5.69 Å². The van der Waals surface area contributed by atoms with E-state index in [0.717, 1.165) is 19.4 Å². The summed E-state index contributed by atoms with van der Waals surface area (Å²) < 4.78 is 11.5. The zero-order valence-electron chi connectivity index (χ0n) is 16.0. The molecule has 2 fully saturated rings. The first-order chi connectivity index (χ1) is 13.7. The number of ether oxygens (including phenoxy) is 2. The second-order valence-electron chi connectivity index (χ2n) is 7.18. The molecule has 7 nitrogen and oxygen atoms in total. The zero-order chi connectivity index (χ0) is 19.2. The van der Waals surface area contributed by atoms with Crippen LogP contribution in [0.4, 0.5) is 5.95 Å². The molecular weight excluding hydrogens is 356 g/mol. The Morgan fingerprint density at radius 1 is 1.11 bits per heavy atom. The van der Waals surface area contributed by atoms with Gasteiger partial charge in [-0.15, -0.1) is 0 Å². The molecule has 7 heteroatoms. The lowest BCUT2D eigenvalue weighted by molar-refractivity contribution is -0.181. The van der Waals surface area contributed by atoms with E-state index in [9.17, 15) is 4.79 Å². The Morgan fingerprint density at radius 3 is 2.61 bits per heavy atom. The van der Waals surface area contributed by atoms with Crippen LogP contribution in [0.25, 0.3) is 0 Å². The first-order valence-corrected chi connectivity index (χ1v) is 9.92. The van der Waals surface area contributed by atoms with Crippen molar-refractivity contribution in [3.05, 3.63) is 53.9 Å². The van der Waals surface area contributed by atoms with E-state index in [1.807, 2.05) is 23.1 Å². The van der Waals surface area contributed by atoms with Crippen LogP contribution in [0.1, 0.15) is 35.3 Å². The van der Waals surface area contributed by atoms with Gasteiger partial charge in [0.2, 0.25) is 5.95 Å². The molecule has 0 saturated carbocycles. The van der Waals surface area contributed by atoms with Gasteiger partial charge in [0.15, 0.2) is 5.79 Å². The van der Waals surface area contributed by atoms with Crippen LogP contribution >= 0.6 is 0 Å². The minimum atomic E-state index is -0.478. The molecule has 0 radical (unpaired) electrons. The van der Waals surface area contributed by atoms with Gasteiger partial charge in [-0.2, -0.15) is 0 Å². The first kappa shape index (κ1) is 18.8. The highest BCUT2D eigenvalue weighted by molar-refractivity contribution is 5.92. The van der Waals surface area contributed by atoms with Crippen LogP contribution in [0, 0.1) is 0 Å². The Balaban J connectivity index is 1.27. The number of hydrogen-bond donors (Lipinski definition) is 1. The van der Waals surface area contributed by atoms with Crippen LogP contribution in [0.2, 0.25) is 0 Å². The normalized spacial score (nSPS) is 18.4. The molecule has 1 amide bonds. The van der Waals surface area contributed by atoms with Crippen LogP contribution < -0.4 is 5.32 Å². The minimum Gasteiger partial charge on any atom is -0.354 e. The Morgan fingerprint density at radius 2 is 1.86 bits per heavy atom. The van der Waals surface area contributed by atoms with Gasteiger partial charge in [0.05, 0.1) is 13.2 Å². The van der Waals surface area contributed by atoms with Crippen molar-refractivity contribution in [2.45, 2.75) is 31.5 Å². The van der Waals surface area contributed by atoms with Gasteiger partial charge in [-0.25, -0.2) is 9.97 Å². The van der Waals surface area contributed by atoms with Crippen LogP contribution in [-0.2, 0) is 15.9 Å². The van der Waals surface area contributed by atoms with Crippen LogP contribution in [0.15, 0.2) is 42.6 Å². The molecule has 2 aliphatic heterocycles. The van der Waals surface area contributed by atoms with Crippen molar-refractivity contribution in [2.24, 2.45) is 0 Å². The maximum atomic E-state index is 12.8. The molecule has 1 aromatic carbocycles. The summed E-state index contributed by atoms with van der Waals surface area (Å²) in [6.45, 7) is 3.26. The number of aryl methyl sites for hydroxylation is 1.